The molecule has 0 aromatic carbocycles. The first kappa shape index (κ1) is 10.5. The molecule has 2 heterocycles. The van der Waals surface area contributed by atoms with Crippen molar-refractivity contribution in [3.8, 4) is 0 Å². The summed E-state index contributed by atoms with van der Waals surface area (Å²) in [4.78, 5) is 4.14. The fourth-order valence-corrected chi connectivity index (χ4v) is 1.88. The van der Waals surface area contributed by atoms with Crippen molar-refractivity contribution in [2.24, 2.45) is 7.05 Å². The van der Waals surface area contributed by atoms with E-state index in [0.717, 1.165) is 19.0 Å². The Morgan fingerprint density at radius 1 is 1.46 bits per heavy atom. The van der Waals surface area contributed by atoms with Crippen LogP contribution in [0.1, 0.15) is 24.5 Å². The Balaban J connectivity index is 0.000000845. The van der Waals surface area contributed by atoms with E-state index in [1.165, 1.54) is 18.5 Å². The largest absolute Gasteiger partial charge is 0.337 e. The Morgan fingerprint density at radius 2 is 2.15 bits per heavy atom. The Morgan fingerprint density at radius 3 is 2.69 bits per heavy atom. The zero-order chi connectivity index (χ0) is 8.39. The molecule has 3 nitrogen and oxygen atoms in total. The highest BCUT2D eigenvalue weighted by Crippen LogP contribution is 2.23. The molecule has 1 aromatic rings. The van der Waals surface area contributed by atoms with Crippen molar-refractivity contribution in [3.05, 3.63) is 18.2 Å². The Kier molecular flexibility index (Phi) is 3.75. The van der Waals surface area contributed by atoms with Crippen LogP contribution in [0.15, 0.2) is 12.5 Å². The lowest BCUT2D eigenvalue weighted by Gasteiger charge is -2.22. The van der Waals surface area contributed by atoms with Gasteiger partial charge >= 0.3 is 0 Å². The number of hydrogen-bond acceptors (Lipinski definition) is 2. The summed E-state index contributed by atoms with van der Waals surface area (Å²) < 4.78 is 2.13. The van der Waals surface area contributed by atoms with Gasteiger partial charge in [-0.25, -0.2) is 4.98 Å². The zero-order valence-electron chi connectivity index (χ0n) is 7.86. The second-order valence-corrected chi connectivity index (χ2v) is 3.45. The average molecular weight is 202 g/mol. The predicted molar refractivity (Wildman–Crippen MR) is 55.3 cm³/mol. The molecule has 0 unspecified atom stereocenters. The van der Waals surface area contributed by atoms with Gasteiger partial charge in [-0.1, -0.05) is 0 Å². The van der Waals surface area contributed by atoms with Crippen molar-refractivity contribution in [3.63, 3.8) is 0 Å². The highest BCUT2D eigenvalue weighted by molar-refractivity contribution is 5.85. The fraction of sp³-hybridized carbons (Fsp3) is 0.667. The Bertz CT molecular complexity index is 253. The normalized spacial score (nSPS) is 18.2. The lowest BCUT2D eigenvalue weighted by Crippen LogP contribution is -2.27. The molecule has 0 bridgehead atoms. The minimum Gasteiger partial charge on any atom is -0.337 e. The first-order valence-electron chi connectivity index (χ1n) is 4.55. The van der Waals surface area contributed by atoms with Gasteiger partial charge in [0.05, 0.1) is 6.33 Å². The summed E-state index contributed by atoms with van der Waals surface area (Å²) in [5, 5.41) is 3.37. The Hall–Kier alpha value is -0.540. The molecule has 1 aromatic heterocycles. The number of imidazole rings is 1. The number of aromatic nitrogens is 2. The first-order valence-corrected chi connectivity index (χ1v) is 4.55. The highest BCUT2D eigenvalue weighted by atomic mass is 35.5. The lowest BCUT2D eigenvalue weighted by atomic mass is 9.95. The topological polar surface area (TPSA) is 29.9 Å². The second-order valence-electron chi connectivity index (χ2n) is 3.45. The number of piperidine rings is 1. The summed E-state index contributed by atoms with van der Waals surface area (Å²) in [6.45, 7) is 2.30. The van der Waals surface area contributed by atoms with E-state index in [1.807, 2.05) is 12.5 Å². The molecule has 0 amide bonds. The fourth-order valence-electron chi connectivity index (χ4n) is 1.88. The van der Waals surface area contributed by atoms with Crippen LogP contribution in [-0.4, -0.2) is 22.6 Å². The van der Waals surface area contributed by atoms with Crippen LogP contribution in [0.4, 0.5) is 0 Å². The van der Waals surface area contributed by atoms with Gasteiger partial charge in [-0.2, -0.15) is 0 Å². The van der Waals surface area contributed by atoms with Crippen molar-refractivity contribution in [2.45, 2.75) is 18.8 Å². The molecule has 2 rings (SSSR count). The number of nitrogens with one attached hydrogen (secondary N) is 1. The van der Waals surface area contributed by atoms with Crippen LogP contribution in [0.3, 0.4) is 0 Å². The van der Waals surface area contributed by atoms with Crippen LogP contribution < -0.4 is 5.32 Å². The van der Waals surface area contributed by atoms with Crippen LogP contribution >= 0.6 is 12.4 Å². The molecule has 1 aliphatic heterocycles. The van der Waals surface area contributed by atoms with Crippen molar-refractivity contribution in [1.29, 1.82) is 0 Å². The molecule has 74 valence electrons. The van der Waals surface area contributed by atoms with Crippen LogP contribution in [0.5, 0.6) is 0 Å². The summed E-state index contributed by atoms with van der Waals surface area (Å²) >= 11 is 0. The van der Waals surface area contributed by atoms with Gasteiger partial charge in [-0.05, 0) is 25.9 Å². The zero-order valence-corrected chi connectivity index (χ0v) is 8.68. The van der Waals surface area contributed by atoms with Crippen molar-refractivity contribution < 1.29 is 0 Å². The number of rotatable bonds is 1. The van der Waals surface area contributed by atoms with Crippen molar-refractivity contribution >= 4 is 12.4 Å². The third kappa shape index (κ3) is 2.23. The Labute approximate surface area is 85.0 Å². The second kappa shape index (κ2) is 4.63. The van der Waals surface area contributed by atoms with Gasteiger partial charge in [0.15, 0.2) is 0 Å². The molecule has 1 fully saturated rings. The van der Waals surface area contributed by atoms with E-state index in [9.17, 15) is 0 Å². The number of aryl methyl sites for hydroxylation is 1. The number of halogens is 1. The maximum atomic E-state index is 4.14. The summed E-state index contributed by atoms with van der Waals surface area (Å²) in [6, 6.07) is 0. The van der Waals surface area contributed by atoms with Crippen molar-refractivity contribution in [2.75, 3.05) is 13.1 Å². The van der Waals surface area contributed by atoms with Gasteiger partial charge in [-0.3, -0.25) is 0 Å². The molecule has 0 spiro atoms. The minimum atomic E-state index is 0. The first-order chi connectivity index (χ1) is 5.88. The van der Waals surface area contributed by atoms with Gasteiger partial charge in [0.1, 0.15) is 0 Å². The quantitative estimate of drug-likeness (QED) is 0.743. The monoisotopic (exact) mass is 201 g/mol. The molecule has 1 aliphatic rings. The van der Waals surface area contributed by atoms with Crippen molar-refractivity contribution in [1.82, 2.24) is 14.9 Å². The van der Waals surface area contributed by atoms with Crippen LogP contribution in [0.2, 0.25) is 0 Å². The SMILES string of the molecule is Cl.Cn1cncc1C1CCNCC1. The molecular weight excluding hydrogens is 186 g/mol. The molecule has 0 saturated carbocycles. The summed E-state index contributed by atoms with van der Waals surface area (Å²) in [7, 11) is 2.07. The molecule has 1 saturated heterocycles. The van der Waals surface area contributed by atoms with E-state index >= 15 is 0 Å². The maximum absolute atomic E-state index is 4.14. The van der Waals surface area contributed by atoms with E-state index in [-0.39, 0.29) is 12.4 Å². The summed E-state index contributed by atoms with van der Waals surface area (Å²) in [5.41, 5.74) is 1.39. The van der Waals surface area contributed by atoms with Crippen LogP contribution in [0, 0.1) is 0 Å². The predicted octanol–water partition coefficient (Wildman–Crippen LogP) is 1.31. The maximum Gasteiger partial charge on any atom is 0.0945 e. The third-order valence-corrected chi connectivity index (χ3v) is 2.61. The molecule has 4 heteroatoms. The smallest absolute Gasteiger partial charge is 0.0945 e. The standard InChI is InChI=1S/C9H15N3.ClH/c1-12-7-11-6-9(12)8-2-4-10-5-3-8;/h6-8,10H,2-5H2,1H3;1H. The molecule has 1 N–H and O–H groups in total. The van der Waals surface area contributed by atoms with Crippen LogP contribution in [-0.2, 0) is 7.05 Å². The summed E-state index contributed by atoms with van der Waals surface area (Å²) in [6.07, 6.45) is 6.38. The third-order valence-electron chi connectivity index (χ3n) is 2.61. The molecule has 0 atom stereocenters. The average Bonchev–Trinajstić information content (AvgIpc) is 2.53. The molecule has 0 aliphatic carbocycles. The van der Waals surface area contributed by atoms with Gasteiger partial charge < -0.3 is 9.88 Å². The number of hydrogen-bond donors (Lipinski definition) is 1. The van der Waals surface area contributed by atoms with Gasteiger partial charge in [0.2, 0.25) is 0 Å². The van der Waals surface area contributed by atoms with E-state index in [1.54, 1.807) is 0 Å². The van der Waals surface area contributed by atoms with Gasteiger partial charge in [-0.15, -0.1) is 12.4 Å². The summed E-state index contributed by atoms with van der Waals surface area (Å²) in [5.74, 6) is 0.721. The minimum absolute atomic E-state index is 0. The highest BCUT2D eigenvalue weighted by Gasteiger charge is 2.17. The lowest BCUT2D eigenvalue weighted by molar-refractivity contribution is 0.445. The van der Waals surface area contributed by atoms with E-state index in [4.69, 9.17) is 0 Å². The van der Waals surface area contributed by atoms with E-state index in [2.05, 4.69) is 21.9 Å². The van der Waals surface area contributed by atoms with E-state index < -0.39 is 0 Å². The van der Waals surface area contributed by atoms with Gasteiger partial charge in [0, 0.05) is 24.9 Å². The van der Waals surface area contributed by atoms with Crippen LogP contribution in [0.25, 0.3) is 0 Å². The van der Waals surface area contributed by atoms with E-state index in [0.29, 0.717) is 0 Å². The molecular formula is C9H16ClN3. The van der Waals surface area contributed by atoms with Gasteiger partial charge in [0.25, 0.3) is 0 Å². The molecule has 13 heavy (non-hydrogen) atoms. The molecule has 0 radical (unpaired) electrons. The number of nitrogens with zero attached hydrogens (tertiary/aromatic N) is 2.